The molecule has 1 aliphatic rings. The monoisotopic (exact) mass is 387 g/mol. The average molecular weight is 388 g/mol. The van der Waals surface area contributed by atoms with Crippen LogP contribution < -0.4 is 5.32 Å². The Kier molecular flexibility index (Phi) is 9.83. The number of aliphatic hydroxyl groups is 2. The lowest BCUT2D eigenvalue weighted by molar-refractivity contribution is -0.121. The summed E-state index contributed by atoms with van der Waals surface area (Å²) in [5.74, 6) is -0.754. The van der Waals surface area contributed by atoms with E-state index in [4.69, 9.17) is 0 Å². The third-order valence-corrected chi connectivity index (χ3v) is 4.66. The smallest absolute Gasteiger partial charge is 0.217 e. The Balaban J connectivity index is 3.26. The zero-order valence-corrected chi connectivity index (χ0v) is 17.5. The van der Waals surface area contributed by atoms with Crippen LogP contribution in [0.2, 0.25) is 0 Å². The maximum absolute atomic E-state index is 12.8. The summed E-state index contributed by atoms with van der Waals surface area (Å²) in [5, 5.41) is 23.1. The Bertz CT molecular complexity index is 712. The predicted molar refractivity (Wildman–Crippen MR) is 113 cm³/mol. The Morgan fingerprint density at radius 1 is 1.00 bits per heavy atom. The summed E-state index contributed by atoms with van der Waals surface area (Å²) < 4.78 is 0. The average Bonchev–Trinajstić information content (AvgIpc) is 2.64. The Morgan fingerprint density at radius 3 is 2.11 bits per heavy atom. The molecule has 0 aromatic rings. The van der Waals surface area contributed by atoms with Crippen molar-refractivity contribution in [3.8, 4) is 0 Å². The Hall–Kier alpha value is -2.24. The highest BCUT2D eigenvalue weighted by Gasteiger charge is 2.24. The molecule has 1 aliphatic carbocycles. The zero-order valence-electron chi connectivity index (χ0n) is 17.5. The molecule has 28 heavy (non-hydrogen) atoms. The van der Waals surface area contributed by atoms with Crippen molar-refractivity contribution >= 4 is 11.7 Å². The van der Waals surface area contributed by atoms with Crippen LogP contribution in [0.4, 0.5) is 0 Å². The summed E-state index contributed by atoms with van der Waals surface area (Å²) >= 11 is 0. The van der Waals surface area contributed by atoms with E-state index in [0.29, 0.717) is 18.4 Å². The quantitative estimate of drug-likeness (QED) is 0.645. The number of rotatable bonds is 1. The van der Waals surface area contributed by atoms with Crippen molar-refractivity contribution < 1.29 is 19.8 Å². The van der Waals surface area contributed by atoms with E-state index in [2.05, 4.69) is 5.32 Å². The molecule has 0 saturated heterocycles. The van der Waals surface area contributed by atoms with Crippen molar-refractivity contribution in [1.82, 2.24) is 5.32 Å². The van der Waals surface area contributed by atoms with Gasteiger partial charge in [0.15, 0.2) is 5.78 Å². The van der Waals surface area contributed by atoms with Gasteiger partial charge in [0.05, 0.1) is 18.2 Å². The van der Waals surface area contributed by atoms with Gasteiger partial charge in [-0.1, -0.05) is 60.6 Å². The van der Waals surface area contributed by atoms with Crippen molar-refractivity contribution in [2.24, 2.45) is 5.92 Å². The number of amides is 1. The van der Waals surface area contributed by atoms with Crippen LogP contribution in [0.5, 0.6) is 0 Å². The zero-order chi connectivity index (χ0) is 21.3. The summed E-state index contributed by atoms with van der Waals surface area (Å²) in [6.45, 7) is 8.70. The van der Waals surface area contributed by atoms with E-state index in [9.17, 15) is 19.8 Å². The highest BCUT2D eigenvalue weighted by molar-refractivity contribution is 5.97. The van der Waals surface area contributed by atoms with Crippen molar-refractivity contribution in [2.45, 2.75) is 65.7 Å². The molecule has 1 amide bonds. The first kappa shape index (κ1) is 23.8. The van der Waals surface area contributed by atoms with E-state index in [1.165, 1.54) is 6.92 Å². The van der Waals surface area contributed by atoms with Gasteiger partial charge in [0.1, 0.15) is 0 Å². The van der Waals surface area contributed by atoms with Gasteiger partial charge >= 0.3 is 0 Å². The van der Waals surface area contributed by atoms with Gasteiger partial charge in [-0.25, -0.2) is 0 Å². The minimum Gasteiger partial charge on any atom is -0.389 e. The molecule has 0 saturated carbocycles. The summed E-state index contributed by atoms with van der Waals surface area (Å²) in [5.41, 5.74) is 2.35. The van der Waals surface area contributed by atoms with Crippen molar-refractivity contribution in [1.29, 1.82) is 0 Å². The summed E-state index contributed by atoms with van der Waals surface area (Å²) in [6, 6.07) is -0.460. The highest BCUT2D eigenvalue weighted by Crippen LogP contribution is 2.16. The first-order valence-electron chi connectivity index (χ1n) is 9.66. The largest absolute Gasteiger partial charge is 0.389 e. The summed E-state index contributed by atoms with van der Waals surface area (Å²) in [7, 11) is 0. The molecule has 0 radical (unpaired) electrons. The molecule has 0 aromatic heterocycles. The number of allylic oxidation sites excluding steroid dienone is 5. The molecule has 0 aliphatic heterocycles. The van der Waals surface area contributed by atoms with Gasteiger partial charge in [-0.05, 0) is 39.2 Å². The van der Waals surface area contributed by atoms with Gasteiger partial charge in [-0.15, -0.1) is 0 Å². The fourth-order valence-electron chi connectivity index (χ4n) is 2.86. The molecule has 154 valence electrons. The number of hydrogen-bond donors (Lipinski definition) is 3. The van der Waals surface area contributed by atoms with Gasteiger partial charge in [0.25, 0.3) is 0 Å². The summed E-state index contributed by atoms with van der Waals surface area (Å²) in [6.07, 6.45) is 11.9. The van der Waals surface area contributed by atoms with Crippen LogP contribution in [0, 0.1) is 5.92 Å². The molecule has 0 aromatic carbocycles. The molecule has 3 N–H and O–H groups in total. The summed E-state index contributed by atoms with van der Waals surface area (Å²) in [4.78, 5) is 24.4. The van der Waals surface area contributed by atoms with Crippen molar-refractivity contribution in [2.75, 3.05) is 0 Å². The first-order chi connectivity index (χ1) is 13.1. The molecule has 5 nitrogen and oxygen atoms in total. The van der Waals surface area contributed by atoms with E-state index in [1.54, 1.807) is 38.2 Å². The van der Waals surface area contributed by atoms with Crippen LogP contribution in [0.25, 0.3) is 0 Å². The second kappa shape index (κ2) is 11.6. The first-order valence-corrected chi connectivity index (χ1v) is 9.66. The number of carbonyl (C=O) groups is 2. The number of aliphatic hydroxyl groups excluding tert-OH is 2. The number of Topliss-reactive ketones (excluding diaryl/α,β-unsaturated/α-hetero) is 1. The van der Waals surface area contributed by atoms with E-state index in [-0.39, 0.29) is 11.7 Å². The van der Waals surface area contributed by atoms with Gasteiger partial charge < -0.3 is 15.5 Å². The van der Waals surface area contributed by atoms with Crippen LogP contribution in [0.1, 0.15) is 47.5 Å². The number of nitrogens with one attached hydrogen (secondary N) is 1. The minimum absolute atomic E-state index is 0.0802. The van der Waals surface area contributed by atoms with E-state index >= 15 is 0 Å². The Labute approximate surface area is 168 Å². The molecular weight excluding hydrogens is 354 g/mol. The minimum atomic E-state index is -0.699. The predicted octanol–water partition coefficient (Wildman–Crippen LogP) is 3.16. The molecule has 1 rings (SSSR count). The third kappa shape index (κ3) is 8.63. The van der Waals surface area contributed by atoms with Gasteiger partial charge in [-0.3, -0.25) is 9.59 Å². The standard InChI is InChI=1S/C23H33NO4/c1-15-6-10-20(26)12-8-16(2)14-22(24-19(5)25)18(4)23(28)17(3)9-13-21(27)11-7-15/h6-9,11-12,14,18,20-22,26-27H,10,13H2,1-5H3,(H,24,25)/b11-7+,12-8+,15-6+,16-14+,17-9+/t18-,20+,21+,22-/m0/s1. The third-order valence-electron chi connectivity index (χ3n) is 4.66. The highest BCUT2D eigenvalue weighted by atomic mass is 16.3. The topological polar surface area (TPSA) is 86.6 Å². The van der Waals surface area contributed by atoms with Crippen LogP contribution in [0.3, 0.4) is 0 Å². The molecule has 0 spiro atoms. The second-order valence-electron chi connectivity index (χ2n) is 7.45. The van der Waals surface area contributed by atoms with Gasteiger partial charge in [0, 0.05) is 12.8 Å². The van der Waals surface area contributed by atoms with Crippen LogP contribution in [-0.2, 0) is 9.59 Å². The molecule has 4 atom stereocenters. The van der Waals surface area contributed by atoms with Crippen molar-refractivity contribution in [3.05, 3.63) is 59.3 Å². The van der Waals surface area contributed by atoms with Crippen molar-refractivity contribution in [3.63, 3.8) is 0 Å². The van der Waals surface area contributed by atoms with E-state index in [1.807, 2.05) is 32.1 Å². The SMILES string of the molecule is CC(=O)N[C@H]1/C=C(C)/C=C/[C@H](O)C/C=C(C)/C=C/[C@@H](O)C/C=C(\C)C(=O)[C@H]1C. The van der Waals surface area contributed by atoms with Gasteiger partial charge in [0.2, 0.25) is 5.91 Å². The fourth-order valence-corrected chi connectivity index (χ4v) is 2.86. The van der Waals surface area contributed by atoms with Crippen LogP contribution in [-0.4, -0.2) is 40.2 Å². The lowest BCUT2D eigenvalue weighted by Crippen LogP contribution is -2.40. The maximum Gasteiger partial charge on any atom is 0.217 e. The number of ketones is 1. The maximum atomic E-state index is 12.8. The molecule has 0 heterocycles. The number of hydrogen-bond acceptors (Lipinski definition) is 4. The van der Waals surface area contributed by atoms with Crippen LogP contribution >= 0.6 is 0 Å². The Morgan fingerprint density at radius 2 is 1.54 bits per heavy atom. The molecular formula is C23H33NO4. The second-order valence-corrected chi connectivity index (χ2v) is 7.45. The molecule has 5 heteroatoms. The fraction of sp³-hybridized carbons (Fsp3) is 0.478. The normalized spacial score (nSPS) is 36.0. The van der Waals surface area contributed by atoms with E-state index < -0.39 is 24.2 Å². The molecule has 0 unspecified atom stereocenters. The molecule has 0 fully saturated rings. The lowest BCUT2D eigenvalue weighted by Gasteiger charge is -2.22. The van der Waals surface area contributed by atoms with Gasteiger partial charge in [-0.2, -0.15) is 0 Å². The molecule has 0 bridgehead atoms. The van der Waals surface area contributed by atoms with Crippen LogP contribution in [0.15, 0.2) is 59.3 Å². The lowest BCUT2D eigenvalue weighted by atomic mass is 9.90. The van der Waals surface area contributed by atoms with E-state index in [0.717, 1.165) is 11.1 Å². The number of carbonyl (C=O) groups excluding carboxylic acids is 2.